The van der Waals surface area contributed by atoms with Crippen molar-refractivity contribution in [1.82, 2.24) is 24.5 Å². The fourth-order valence-electron chi connectivity index (χ4n) is 6.10. The Morgan fingerprint density at radius 3 is 2.62 bits per heavy atom. The number of hydrogen-bond donors (Lipinski definition) is 0. The van der Waals surface area contributed by atoms with Crippen molar-refractivity contribution in [2.75, 3.05) is 7.11 Å². The van der Waals surface area contributed by atoms with Crippen molar-refractivity contribution in [1.29, 1.82) is 0 Å². The number of pyridine rings is 1. The van der Waals surface area contributed by atoms with Crippen LogP contribution in [0.3, 0.4) is 0 Å². The second kappa shape index (κ2) is 10.2. The number of nitrogens with zero attached hydrogens (tertiary/aromatic N) is 5. The average molecular weight is 570 g/mol. The fraction of sp³-hybridized carbons (Fsp3) is 0.345. The Hall–Kier alpha value is -3.44. The molecular weight excluding hydrogens is 542 g/mol. The highest BCUT2D eigenvalue weighted by Crippen LogP contribution is 2.58. The maximum atomic E-state index is 13.7. The molecule has 0 spiro atoms. The Morgan fingerprint density at radius 1 is 1.12 bits per heavy atom. The zero-order chi connectivity index (χ0) is 28.1. The topological polar surface area (TPSA) is 57.8 Å². The second-order valence-electron chi connectivity index (χ2n) is 10.4. The Bertz CT molecular complexity index is 1560. The number of aromatic nitrogens is 5. The normalized spacial score (nSPS) is 21.4. The monoisotopic (exact) mass is 569 g/mol. The van der Waals surface area contributed by atoms with E-state index in [9.17, 15) is 17.6 Å². The van der Waals surface area contributed by atoms with Gasteiger partial charge >= 0.3 is 6.18 Å². The smallest absolute Gasteiger partial charge is 0.374 e. The molecule has 0 aliphatic heterocycles. The number of hydrogen-bond acceptors (Lipinski definition) is 5. The molecule has 3 atom stereocenters. The van der Waals surface area contributed by atoms with Crippen molar-refractivity contribution < 1.29 is 22.3 Å². The first-order valence-electron chi connectivity index (χ1n) is 12.9. The van der Waals surface area contributed by atoms with E-state index < -0.39 is 23.3 Å². The van der Waals surface area contributed by atoms with Crippen LogP contribution >= 0.6 is 11.8 Å². The number of thioether (sulfide) groups is 1. The van der Waals surface area contributed by atoms with Crippen molar-refractivity contribution in [2.45, 2.75) is 48.1 Å². The van der Waals surface area contributed by atoms with E-state index in [4.69, 9.17) is 4.74 Å². The van der Waals surface area contributed by atoms with E-state index in [1.165, 1.54) is 25.4 Å². The molecular formula is C29H27F4N5OS. The number of alkyl halides is 3. The average Bonchev–Trinajstić information content (AvgIpc) is 3.53. The molecule has 0 radical (unpaired) electrons. The summed E-state index contributed by atoms with van der Waals surface area (Å²) in [5.74, 6) is -0.330. The first-order valence-corrected chi connectivity index (χ1v) is 13.8. The molecule has 1 fully saturated rings. The van der Waals surface area contributed by atoms with Gasteiger partial charge in [-0.3, -0.25) is 9.67 Å². The SMILES string of the molecule is COC(c1cc(C(F)(F)F)ccn1)[C@]12Cc3cnn(-c4ccc(F)cc4)c3C=C1CC[C@H](Sc1cnn(C)c1)C2. The summed E-state index contributed by atoms with van der Waals surface area (Å²) in [7, 11) is 3.41. The molecule has 1 unspecified atom stereocenters. The molecule has 0 N–H and O–H groups in total. The molecule has 2 aliphatic carbocycles. The first kappa shape index (κ1) is 26.8. The van der Waals surface area contributed by atoms with Crippen molar-refractivity contribution in [3.8, 4) is 5.69 Å². The molecule has 0 saturated heterocycles. The van der Waals surface area contributed by atoms with E-state index in [1.807, 2.05) is 19.4 Å². The quantitative estimate of drug-likeness (QED) is 0.239. The molecule has 11 heteroatoms. The van der Waals surface area contributed by atoms with Gasteiger partial charge in [-0.15, -0.1) is 11.8 Å². The van der Waals surface area contributed by atoms with Gasteiger partial charge in [0.2, 0.25) is 0 Å². The summed E-state index contributed by atoms with van der Waals surface area (Å²) in [5, 5.41) is 9.09. The molecule has 6 rings (SSSR count). The van der Waals surface area contributed by atoms with Gasteiger partial charge in [0.25, 0.3) is 0 Å². The van der Waals surface area contributed by atoms with E-state index in [-0.39, 0.29) is 16.8 Å². The van der Waals surface area contributed by atoms with Crippen LogP contribution < -0.4 is 0 Å². The Balaban J connectivity index is 1.44. The van der Waals surface area contributed by atoms with Gasteiger partial charge in [0.05, 0.1) is 35.0 Å². The van der Waals surface area contributed by atoms with E-state index in [2.05, 4.69) is 21.3 Å². The zero-order valence-electron chi connectivity index (χ0n) is 21.9. The summed E-state index contributed by atoms with van der Waals surface area (Å²) in [6, 6.07) is 8.23. The van der Waals surface area contributed by atoms with Gasteiger partial charge in [0, 0.05) is 42.1 Å². The van der Waals surface area contributed by atoms with Crippen LogP contribution in [0, 0.1) is 11.2 Å². The van der Waals surface area contributed by atoms with Crippen molar-refractivity contribution in [3.05, 3.63) is 95.1 Å². The molecule has 3 heterocycles. The van der Waals surface area contributed by atoms with Crippen LogP contribution in [0.15, 0.2) is 71.7 Å². The molecule has 6 nitrogen and oxygen atoms in total. The van der Waals surface area contributed by atoms with E-state index in [0.717, 1.165) is 52.4 Å². The molecule has 0 amide bonds. The third-order valence-electron chi connectivity index (χ3n) is 7.84. The van der Waals surface area contributed by atoms with Crippen LogP contribution in [-0.2, 0) is 24.4 Å². The zero-order valence-corrected chi connectivity index (χ0v) is 22.7. The molecule has 40 heavy (non-hydrogen) atoms. The number of aryl methyl sites for hydroxylation is 1. The van der Waals surface area contributed by atoms with Crippen LogP contribution in [0.1, 0.15) is 47.9 Å². The summed E-state index contributed by atoms with van der Waals surface area (Å²) >= 11 is 1.73. The van der Waals surface area contributed by atoms with Crippen LogP contribution in [0.5, 0.6) is 0 Å². The molecule has 3 aromatic heterocycles. The standard InChI is InChI=1S/C29H27F4N5OS/c1-37-17-24(16-35-37)40-23-8-3-19-12-26-18(15-36-38(26)22-6-4-21(30)5-7-22)13-28(19,14-23)27(39-2)25-11-20(9-10-34-25)29(31,32)33/h4-7,9-12,15-17,23,27H,3,8,13-14H2,1-2H3/t23-,27?,28-/m0/s1. The highest BCUT2D eigenvalue weighted by molar-refractivity contribution is 8.00. The number of ether oxygens (including phenoxy) is 1. The van der Waals surface area contributed by atoms with Gasteiger partial charge in [0.15, 0.2) is 0 Å². The van der Waals surface area contributed by atoms with Crippen LogP contribution in [0.4, 0.5) is 17.6 Å². The lowest BCUT2D eigenvalue weighted by atomic mass is 9.60. The lowest BCUT2D eigenvalue weighted by Crippen LogP contribution is -2.42. The van der Waals surface area contributed by atoms with Crippen LogP contribution in [0.2, 0.25) is 0 Å². The van der Waals surface area contributed by atoms with Gasteiger partial charge in [0.1, 0.15) is 11.9 Å². The van der Waals surface area contributed by atoms with Gasteiger partial charge < -0.3 is 4.74 Å². The number of halogens is 4. The van der Waals surface area contributed by atoms with E-state index in [0.29, 0.717) is 12.8 Å². The highest BCUT2D eigenvalue weighted by Gasteiger charge is 2.50. The third-order valence-corrected chi connectivity index (χ3v) is 9.06. The van der Waals surface area contributed by atoms with E-state index >= 15 is 0 Å². The largest absolute Gasteiger partial charge is 0.416 e. The molecule has 0 bridgehead atoms. The fourth-order valence-corrected chi connectivity index (χ4v) is 7.42. The summed E-state index contributed by atoms with van der Waals surface area (Å²) in [6.45, 7) is 0. The van der Waals surface area contributed by atoms with Gasteiger partial charge in [-0.25, -0.2) is 9.07 Å². The maximum Gasteiger partial charge on any atom is 0.416 e. The number of rotatable bonds is 6. The van der Waals surface area contributed by atoms with Crippen LogP contribution in [0.25, 0.3) is 11.8 Å². The lowest BCUT2D eigenvalue weighted by molar-refractivity contribution is -0.137. The van der Waals surface area contributed by atoms with Gasteiger partial charge in [-0.1, -0.05) is 5.57 Å². The molecule has 4 aromatic rings. The predicted molar refractivity (Wildman–Crippen MR) is 143 cm³/mol. The van der Waals surface area contributed by atoms with Gasteiger partial charge in [-0.05, 0) is 73.7 Å². The van der Waals surface area contributed by atoms with E-state index in [1.54, 1.807) is 39.5 Å². The maximum absolute atomic E-state index is 13.7. The minimum absolute atomic E-state index is 0.193. The predicted octanol–water partition coefficient (Wildman–Crippen LogP) is 6.82. The van der Waals surface area contributed by atoms with Crippen molar-refractivity contribution in [2.24, 2.45) is 12.5 Å². The number of benzene rings is 1. The minimum Gasteiger partial charge on any atom is -0.374 e. The molecule has 2 aliphatic rings. The third kappa shape index (κ3) is 4.85. The lowest BCUT2D eigenvalue weighted by Gasteiger charge is -2.48. The summed E-state index contributed by atoms with van der Waals surface area (Å²) < 4.78 is 64.2. The number of methoxy groups -OCH3 is 1. The van der Waals surface area contributed by atoms with Crippen molar-refractivity contribution >= 4 is 17.8 Å². The summed E-state index contributed by atoms with van der Waals surface area (Å²) in [6.07, 6.45) is 6.52. The first-order chi connectivity index (χ1) is 19.2. The van der Waals surface area contributed by atoms with Crippen LogP contribution in [-0.4, -0.2) is 36.9 Å². The summed E-state index contributed by atoms with van der Waals surface area (Å²) in [4.78, 5) is 5.43. The molecule has 208 valence electrons. The molecule has 1 aromatic carbocycles. The molecule has 1 saturated carbocycles. The van der Waals surface area contributed by atoms with Crippen molar-refractivity contribution in [3.63, 3.8) is 0 Å². The minimum atomic E-state index is -4.49. The Labute approximate surface area is 233 Å². The second-order valence-corrected chi connectivity index (χ2v) is 11.7. The Morgan fingerprint density at radius 2 is 1.93 bits per heavy atom. The summed E-state index contributed by atoms with van der Waals surface area (Å²) in [5.41, 5.74) is 2.54. The number of fused-ring (bicyclic) bond motifs is 2. The Kier molecular flexibility index (Phi) is 6.82. The highest BCUT2D eigenvalue weighted by atomic mass is 32.2. The van der Waals surface area contributed by atoms with Gasteiger partial charge in [-0.2, -0.15) is 23.4 Å².